The zero-order chi connectivity index (χ0) is 28.3. The quantitative estimate of drug-likeness (QED) is 0.307. The number of carbonyl (C=O) groups is 3. The van der Waals surface area contributed by atoms with Gasteiger partial charge in [-0.25, -0.2) is 12.8 Å². The van der Waals surface area contributed by atoms with Gasteiger partial charge in [0.15, 0.2) is 10.1 Å². The van der Waals surface area contributed by atoms with Gasteiger partial charge in [-0.05, 0) is 78.9 Å². The molecule has 0 spiro atoms. The van der Waals surface area contributed by atoms with E-state index in [1.807, 2.05) is 6.92 Å². The zero-order valence-electron chi connectivity index (χ0n) is 22.2. The van der Waals surface area contributed by atoms with E-state index in [0.717, 1.165) is 32.1 Å². The van der Waals surface area contributed by atoms with Crippen LogP contribution in [0.25, 0.3) is 0 Å². The first-order valence-electron chi connectivity index (χ1n) is 13.7. The maximum atomic E-state index is 13.6. The zero-order valence-corrected chi connectivity index (χ0v) is 23.0. The minimum atomic E-state index is -6.22. The lowest BCUT2D eigenvalue weighted by molar-refractivity contribution is -0.159. The normalized spacial score (nSPS) is 39.1. The predicted molar refractivity (Wildman–Crippen MR) is 130 cm³/mol. The number of carbonyl (C=O) groups excluding carboxylic acids is 3. The van der Waals surface area contributed by atoms with E-state index in [2.05, 4.69) is 18.6 Å². The molecule has 0 amide bonds. The van der Waals surface area contributed by atoms with Crippen LogP contribution in [0.4, 0.5) is 13.2 Å². The Morgan fingerprint density at radius 1 is 1.11 bits per heavy atom. The summed E-state index contributed by atoms with van der Waals surface area (Å²) in [5, 5.41) is -5.17. The van der Waals surface area contributed by atoms with Gasteiger partial charge in [0.25, 0.3) is 0 Å². The standard InChI is InChI=1S/C27H39F3O7S/c1-15(4-7-23(33)37-14-22(28)27(29,30)38(34,35)36)18-5-6-19-24-20(9-11-26(18,19)3)25(2)10-8-17(31)12-16(25)13-21(24)32/h15-16,18-20,22,24H,4-14H2,1-3H3,(H,34,35,36)/p-1/t15-,16+,18-,19+,20+,22?,24+,25+,26-/m1/s1. The topological polar surface area (TPSA) is 118 Å². The number of Topliss-reactive ketones (excluding diaryl/α,β-unsaturated/α-hetero) is 2. The Morgan fingerprint density at radius 2 is 1.76 bits per heavy atom. The third-order valence-electron chi connectivity index (χ3n) is 10.9. The first kappa shape index (κ1) is 29.5. The minimum absolute atomic E-state index is 0.00850. The Hall–Kier alpha value is -1.49. The molecule has 9 atom stereocenters. The van der Waals surface area contributed by atoms with Crippen molar-refractivity contribution in [3.8, 4) is 0 Å². The molecule has 0 heterocycles. The molecule has 7 nitrogen and oxygen atoms in total. The first-order chi connectivity index (χ1) is 17.5. The molecule has 0 aliphatic heterocycles. The van der Waals surface area contributed by atoms with Gasteiger partial charge in [-0.15, -0.1) is 0 Å². The number of hydrogen-bond donors (Lipinski definition) is 0. The van der Waals surface area contributed by atoms with Crippen LogP contribution in [-0.2, 0) is 29.2 Å². The Morgan fingerprint density at radius 3 is 2.42 bits per heavy atom. The van der Waals surface area contributed by atoms with Crippen molar-refractivity contribution in [2.24, 2.45) is 46.3 Å². The summed E-state index contributed by atoms with van der Waals surface area (Å²) in [6, 6.07) is 0. The Bertz CT molecular complexity index is 1080. The van der Waals surface area contributed by atoms with Crippen molar-refractivity contribution >= 4 is 27.7 Å². The van der Waals surface area contributed by atoms with Crippen LogP contribution >= 0.6 is 0 Å². The fourth-order valence-electron chi connectivity index (χ4n) is 8.74. The maximum absolute atomic E-state index is 13.6. The largest absolute Gasteiger partial charge is 0.743 e. The van der Waals surface area contributed by atoms with Crippen molar-refractivity contribution in [3.63, 3.8) is 0 Å². The highest BCUT2D eigenvalue weighted by Crippen LogP contribution is 2.67. The first-order valence-corrected chi connectivity index (χ1v) is 15.1. The predicted octanol–water partition coefficient (Wildman–Crippen LogP) is 4.83. The SMILES string of the molecule is C[C@H](CCC(=O)OCC(F)C(F)(F)S(=O)(=O)[O-])[C@H]1CC[C@H]2[C@@H]3C(=O)C[C@@H]4CC(=O)CC[C@]4(C)[C@H]3CC[C@]12C. The number of alkyl halides is 3. The molecule has 4 rings (SSSR count). The molecule has 0 aromatic rings. The summed E-state index contributed by atoms with van der Waals surface area (Å²) < 4.78 is 76.2. The number of esters is 1. The molecule has 1 unspecified atom stereocenters. The van der Waals surface area contributed by atoms with E-state index in [1.54, 1.807) is 0 Å². The van der Waals surface area contributed by atoms with E-state index in [1.165, 1.54) is 0 Å². The minimum Gasteiger partial charge on any atom is -0.743 e. The molecule has 0 aromatic carbocycles. The summed E-state index contributed by atoms with van der Waals surface area (Å²) in [6.45, 7) is 5.02. The summed E-state index contributed by atoms with van der Waals surface area (Å²) >= 11 is 0. The number of hydrogen-bond acceptors (Lipinski definition) is 7. The van der Waals surface area contributed by atoms with Crippen molar-refractivity contribution < 1.29 is 45.3 Å². The molecular formula is C27H38F3O7S-. The molecule has 4 saturated carbocycles. The van der Waals surface area contributed by atoms with Gasteiger partial charge in [0.05, 0.1) is 0 Å². The average molecular weight is 564 g/mol. The van der Waals surface area contributed by atoms with Crippen LogP contribution < -0.4 is 0 Å². The molecule has 0 bridgehead atoms. The molecule has 0 radical (unpaired) electrons. The third-order valence-corrected chi connectivity index (χ3v) is 11.9. The Labute approximate surface area is 222 Å². The second-order valence-electron chi connectivity index (χ2n) is 12.8. The Kier molecular flexibility index (Phi) is 7.89. The molecule has 0 aromatic heterocycles. The van der Waals surface area contributed by atoms with Crippen LogP contribution in [0.5, 0.6) is 0 Å². The van der Waals surface area contributed by atoms with Crippen molar-refractivity contribution in [1.82, 2.24) is 0 Å². The third kappa shape index (κ3) is 4.95. The fraction of sp³-hybridized carbons (Fsp3) is 0.889. The van der Waals surface area contributed by atoms with E-state index in [4.69, 9.17) is 0 Å². The van der Waals surface area contributed by atoms with E-state index < -0.39 is 34.1 Å². The van der Waals surface area contributed by atoms with Gasteiger partial charge >= 0.3 is 11.2 Å². The van der Waals surface area contributed by atoms with Crippen molar-refractivity contribution in [2.45, 2.75) is 96.4 Å². The van der Waals surface area contributed by atoms with Gasteiger partial charge in [0, 0.05) is 31.6 Å². The molecule has 4 aliphatic carbocycles. The van der Waals surface area contributed by atoms with Gasteiger partial charge < -0.3 is 9.29 Å². The molecule has 0 saturated heterocycles. The summed E-state index contributed by atoms with van der Waals surface area (Å²) in [6.07, 6.45) is 2.95. The van der Waals surface area contributed by atoms with Gasteiger partial charge in [0.2, 0.25) is 6.17 Å². The van der Waals surface area contributed by atoms with Crippen LogP contribution in [-0.4, -0.2) is 48.5 Å². The molecule has 4 aliphatic rings. The highest BCUT2D eigenvalue weighted by molar-refractivity contribution is 7.86. The summed E-state index contributed by atoms with van der Waals surface area (Å²) in [7, 11) is -6.22. The molecule has 4 fully saturated rings. The van der Waals surface area contributed by atoms with Gasteiger partial charge in [-0.2, -0.15) is 8.78 Å². The van der Waals surface area contributed by atoms with Crippen LogP contribution in [0.15, 0.2) is 0 Å². The monoisotopic (exact) mass is 563 g/mol. The van der Waals surface area contributed by atoms with Crippen molar-refractivity contribution in [1.29, 1.82) is 0 Å². The number of ether oxygens (including phenoxy) is 1. The van der Waals surface area contributed by atoms with Crippen LogP contribution in [0.3, 0.4) is 0 Å². The molecular weight excluding hydrogens is 525 g/mol. The average Bonchev–Trinajstić information content (AvgIpc) is 3.18. The van der Waals surface area contributed by atoms with E-state index >= 15 is 0 Å². The lowest BCUT2D eigenvalue weighted by Crippen LogP contribution is -2.57. The van der Waals surface area contributed by atoms with Crippen molar-refractivity contribution in [2.75, 3.05) is 6.61 Å². The molecule has 0 N–H and O–H groups in total. The number of fused-ring (bicyclic) bond motifs is 5. The highest BCUT2D eigenvalue weighted by atomic mass is 32.2. The van der Waals surface area contributed by atoms with Crippen LogP contribution in [0, 0.1) is 46.3 Å². The summed E-state index contributed by atoms with van der Waals surface area (Å²) in [5.41, 5.74) is -0.0693. The van der Waals surface area contributed by atoms with Gasteiger partial charge in [-0.1, -0.05) is 20.8 Å². The van der Waals surface area contributed by atoms with Crippen molar-refractivity contribution in [3.05, 3.63) is 0 Å². The highest BCUT2D eigenvalue weighted by Gasteiger charge is 2.63. The molecule has 11 heteroatoms. The number of rotatable bonds is 8. The van der Waals surface area contributed by atoms with Crippen LogP contribution in [0.1, 0.15) is 85.0 Å². The fourth-order valence-corrected chi connectivity index (χ4v) is 9.12. The second-order valence-corrected chi connectivity index (χ2v) is 14.2. The lowest BCUT2D eigenvalue weighted by Gasteiger charge is -2.59. The van der Waals surface area contributed by atoms with Crippen LogP contribution in [0.2, 0.25) is 0 Å². The lowest BCUT2D eigenvalue weighted by atomic mass is 9.44. The summed E-state index contributed by atoms with van der Waals surface area (Å²) in [4.78, 5) is 37.7. The van der Waals surface area contributed by atoms with E-state index in [0.29, 0.717) is 25.7 Å². The van der Waals surface area contributed by atoms with E-state index in [-0.39, 0.29) is 64.3 Å². The maximum Gasteiger partial charge on any atom is 0.368 e. The van der Waals surface area contributed by atoms with Gasteiger partial charge in [0.1, 0.15) is 18.2 Å². The molecule has 38 heavy (non-hydrogen) atoms. The summed E-state index contributed by atoms with van der Waals surface area (Å²) in [5.74, 6) is 0.587. The van der Waals surface area contributed by atoms with Gasteiger partial charge in [-0.3, -0.25) is 14.4 Å². The number of ketones is 2. The molecule has 216 valence electrons. The smallest absolute Gasteiger partial charge is 0.368 e. The second kappa shape index (κ2) is 10.2. The Balaban J connectivity index is 1.36. The number of halogens is 3. The van der Waals surface area contributed by atoms with E-state index in [9.17, 15) is 40.5 Å².